The quantitative estimate of drug-likeness (QED) is 0.385. The van der Waals surface area contributed by atoms with Crippen LogP contribution in [0, 0.1) is 5.82 Å². The summed E-state index contributed by atoms with van der Waals surface area (Å²) >= 11 is 0. The molecule has 3 heterocycles. The molecule has 0 bridgehead atoms. The molecular weight excluding hydrogens is 466 g/mol. The Bertz CT molecular complexity index is 1240. The highest BCUT2D eigenvalue weighted by Gasteiger charge is 2.25. The first-order valence-corrected chi connectivity index (χ1v) is 11.7. The van der Waals surface area contributed by atoms with Gasteiger partial charge < -0.3 is 29.7 Å². The number of phosphoric acid groups is 1. The van der Waals surface area contributed by atoms with Crippen molar-refractivity contribution in [2.75, 3.05) is 6.73 Å². The molecule has 0 fully saturated rings. The minimum absolute atomic E-state index is 0.0869. The first-order valence-electron chi connectivity index (χ1n) is 10.2. The molecule has 4 rings (SSSR count). The van der Waals surface area contributed by atoms with Gasteiger partial charge in [0, 0.05) is 30.5 Å². The summed E-state index contributed by atoms with van der Waals surface area (Å²) in [5, 5.41) is 4.01. The van der Waals surface area contributed by atoms with Gasteiger partial charge in [-0.25, -0.2) is 13.9 Å². The van der Waals surface area contributed by atoms with Gasteiger partial charge in [0.05, 0.1) is 5.69 Å². The van der Waals surface area contributed by atoms with Crippen LogP contribution in [-0.4, -0.2) is 37.7 Å². The van der Waals surface area contributed by atoms with Gasteiger partial charge in [-0.1, -0.05) is 41.6 Å². The van der Waals surface area contributed by atoms with Crippen LogP contribution in [0.3, 0.4) is 0 Å². The molecule has 2 aromatic heterocycles. The first kappa shape index (κ1) is 23.8. The summed E-state index contributed by atoms with van der Waals surface area (Å²) in [5.74, 6) is -0.305. The van der Waals surface area contributed by atoms with Crippen LogP contribution >= 0.6 is 7.82 Å². The summed E-state index contributed by atoms with van der Waals surface area (Å²) in [4.78, 5) is 23.2. The van der Waals surface area contributed by atoms with E-state index in [1.54, 1.807) is 18.2 Å². The van der Waals surface area contributed by atoms with Crippen molar-refractivity contribution in [2.45, 2.75) is 19.2 Å². The second kappa shape index (κ2) is 10.3. The number of nitrogens with two attached hydrogens (primary N) is 1. The van der Waals surface area contributed by atoms with Crippen molar-refractivity contribution in [3.8, 4) is 5.88 Å². The molecule has 1 aromatic carbocycles. The third-order valence-corrected chi connectivity index (χ3v) is 5.37. The standard InChI is InChI=1S/C22H22FN4O6P/c23-19-10-16(12-25-22(19)31-13-15-5-2-1-3-6-15)9-17-11-20(33-26-17)18-7-4-8-27(21(18)24)14-32-34(28,29)30/h1-8,10-12,21H,9,13-14,24H2,(H2,28,29,30). The van der Waals surface area contributed by atoms with E-state index in [-0.39, 0.29) is 18.9 Å². The zero-order chi connectivity index (χ0) is 24.1. The van der Waals surface area contributed by atoms with Crippen LogP contribution in [0.1, 0.15) is 22.6 Å². The third kappa shape index (κ3) is 6.16. The van der Waals surface area contributed by atoms with E-state index in [0.29, 0.717) is 22.6 Å². The molecule has 4 N–H and O–H groups in total. The number of nitrogens with zero attached hydrogens (tertiary/aromatic N) is 3. The predicted molar refractivity (Wildman–Crippen MR) is 119 cm³/mol. The highest BCUT2D eigenvalue weighted by atomic mass is 31.2. The fourth-order valence-electron chi connectivity index (χ4n) is 3.25. The Morgan fingerprint density at radius 1 is 1.21 bits per heavy atom. The van der Waals surface area contributed by atoms with Crippen molar-refractivity contribution >= 4 is 13.4 Å². The summed E-state index contributed by atoms with van der Waals surface area (Å²) < 4.78 is 40.8. The number of allylic oxidation sites excluding steroid dienone is 2. The number of benzene rings is 1. The van der Waals surface area contributed by atoms with E-state index in [4.69, 9.17) is 24.8 Å². The average molecular weight is 488 g/mol. The lowest BCUT2D eigenvalue weighted by molar-refractivity contribution is 0.110. The van der Waals surface area contributed by atoms with Gasteiger partial charge >= 0.3 is 7.82 Å². The van der Waals surface area contributed by atoms with Crippen LogP contribution < -0.4 is 10.5 Å². The molecule has 178 valence electrons. The minimum Gasteiger partial charge on any atom is -0.471 e. The smallest absolute Gasteiger partial charge is 0.471 e. The first-order chi connectivity index (χ1) is 16.3. The number of phosphoric ester groups is 1. The summed E-state index contributed by atoms with van der Waals surface area (Å²) in [7, 11) is -4.65. The van der Waals surface area contributed by atoms with Gasteiger partial charge in [0.25, 0.3) is 5.88 Å². The van der Waals surface area contributed by atoms with Gasteiger partial charge in [0.1, 0.15) is 19.5 Å². The average Bonchev–Trinajstić information content (AvgIpc) is 3.26. The fraction of sp³-hybridized carbons (Fsp3) is 0.182. The summed E-state index contributed by atoms with van der Waals surface area (Å²) in [6, 6.07) is 12.4. The molecule has 10 nitrogen and oxygen atoms in total. The van der Waals surface area contributed by atoms with Crippen molar-refractivity contribution in [3.05, 3.63) is 95.4 Å². The molecule has 12 heteroatoms. The van der Waals surface area contributed by atoms with E-state index in [1.165, 1.54) is 23.4 Å². The number of ether oxygens (including phenoxy) is 1. The van der Waals surface area contributed by atoms with E-state index in [0.717, 1.165) is 5.56 Å². The molecule has 3 aromatic rings. The Morgan fingerprint density at radius 2 is 2.00 bits per heavy atom. The third-order valence-electron chi connectivity index (χ3n) is 4.92. The van der Waals surface area contributed by atoms with E-state index < -0.39 is 26.5 Å². The second-order valence-electron chi connectivity index (χ2n) is 7.44. The molecule has 34 heavy (non-hydrogen) atoms. The lowest BCUT2D eigenvalue weighted by Gasteiger charge is -2.30. The van der Waals surface area contributed by atoms with Crippen LogP contribution in [0.2, 0.25) is 0 Å². The van der Waals surface area contributed by atoms with Gasteiger partial charge in [-0.05, 0) is 23.3 Å². The fourth-order valence-corrected chi connectivity index (χ4v) is 3.54. The summed E-state index contributed by atoms with van der Waals surface area (Å²) in [5.41, 5.74) is 8.70. The van der Waals surface area contributed by atoms with Crippen molar-refractivity contribution in [3.63, 3.8) is 0 Å². The number of aromatic nitrogens is 2. The van der Waals surface area contributed by atoms with Crippen molar-refractivity contribution < 1.29 is 32.5 Å². The molecule has 1 atom stereocenters. The summed E-state index contributed by atoms with van der Waals surface area (Å²) in [6.45, 7) is -0.208. The Kier molecular flexibility index (Phi) is 7.20. The largest absolute Gasteiger partial charge is 0.471 e. The van der Waals surface area contributed by atoms with Gasteiger partial charge in [-0.15, -0.1) is 0 Å². The molecule has 1 unspecified atom stereocenters. The van der Waals surface area contributed by atoms with Gasteiger partial charge in [-0.2, -0.15) is 0 Å². The number of halogens is 1. The number of rotatable bonds is 9. The number of hydrogen-bond acceptors (Lipinski definition) is 8. The highest BCUT2D eigenvalue weighted by molar-refractivity contribution is 7.46. The van der Waals surface area contributed by atoms with Gasteiger partial charge in [0.15, 0.2) is 11.6 Å². The van der Waals surface area contributed by atoms with E-state index in [9.17, 15) is 8.96 Å². The number of pyridine rings is 1. The van der Waals surface area contributed by atoms with Crippen LogP contribution in [0.5, 0.6) is 5.88 Å². The molecule has 1 aliphatic heterocycles. The maximum absolute atomic E-state index is 14.5. The molecule has 0 spiro atoms. The van der Waals surface area contributed by atoms with Crippen LogP contribution in [0.4, 0.5) is 4.39 Å². The Morgan fingerprint density at radius 3 is 2.74 bits per heavy atom. The molecule has 1 aliphatic rings. The molecule has 0 aliphatic carbocycles. The zero-order valence-electron chi connectivity index (χ0n) is 17.8. The maximum atomic E-state index is 14.5. The minimum atomic E-state index is -4.65. The summed E-state index contributed by atoms with van der Waals surface area (Å²) in [6.07, 6.45) is 5.86. The Labute approximate surface area is 194 Å². The van der Waals surface area contributed by atoms with E-state index >= 15 is 0 Å². The van der Waals surface area contributed by atoms with E-state index in [2.05, 4.69) is 14.7 Å². The maximum Gasteiger partial charge on any atom is 0.471 e. The van der Waals surface area contributed by atoms with Crippen LogP contribution in [0.25, 0.3) is 5.57 Å². The second-order valence-corrected chi connectivity index (χ2v) is 8.67. The zero-order valence-corrected chi connectivity index (χ0v) is 18.7. The van der Waals surface area contributed by atoms with Crippen molar-refractivity contribution in [2.24, 2.45) is 5.73 Å². The molecule has 0 radical (unpaired) electrons. The monoisotopic (exact) mass is 488 g/mol. The SMILES string of the molecule is NC1C(c2cc(Cc3cnc(OCc4ccccc4)c(F)c3)no2)=CC=CN1COP(=O)(O)O. The lowest BCUT2D eigenvalue weighted by Crippen LogP contribution is -2.41. The van der Waals surface area contributed by atoms with Crippen molar-refractivity contribution in [1.82, 2.24) is 15.0 Å². The molecule has 0 saturated carbocycles. The van der Waals surface area contributed by atoms with E-state index in [1.807, 2.05) is 30.3 Å². The topological polar surface area (TPSA) is 144 Å². The molecular formula is C22H22FN4O6P. The van der Waals surface area contributed by atoms with Crippen LogP contribution in [-0.2, 0) is 22.1 Å². The van der Waals surface area contributed by atoms with Crippen molar-refractivity contribution in [1.29, 1.82) is 0 Å². The van der Waals surface area contributed by atoms with Crippen LogP contribution in [0.15, 0.2) is 71.5 Å². The Hall–Kier alpha value is -3.34. The molecule has 0 amide bonds. The predicted octanol–water partition coefficient (Wildman–Crippen LogP) is 2.94. The molecule has 0 saturated heterocycles. The number of hydrogen-bond donors (Lipinski definition) is 3. The van der Waals surface area contributed by atoms with Gasteiger partial charge in [-0.3, -0.25) is 4.52 Å². The normalized spacial score (nSPS) is 15.9. The highest BCUT2D eigenvalue weighted by Crippen LogP contribution is 2.36. The Balaban J connectivity index is 1.39. The van der Waals surface area contributed by atoms with Gasteiger partial charge in [0.2, 0.25) is 0 Å². The lowest BCUT2D eigenvalue weighted by atomic mass is 10.1.